The zero-order valence-corrected chi connectivity index (χ0v) is 15.6. The monoisotopic (exact) mass is 255 g/mol. The number of hydrogen-bond acceptors (Lipinski definition) is 4. The minimum absolute atomic E-state index is 0. The molecular weight excluding hydrogens is 235 g/mol. The molecule has 0 aliphatic rings. The van der Waals surface area contributed by atoms with Gasteiger partial charge in [-0.25, -0.2) is 0 Å². The Hall–Kier alpha value is 1.59. The van der Waals surface area contributed by atoms with E-state index >= 15 is 0 Å². The Labute approximate surface area is 139 Å². The fourth-order valence-electron chi connectivity index (χ4n) is 0. The van der Waals surface area contributed by atoms with Crippen LogP contribution in [0.4, 0.5) is 0 Å². The second-order valence-electron chi connectivity index (χ2n) is 1.47. The minimum Gasteiger partial charge on any atom is -0.813 e. The molecule has 0 spiro atoms. The molecule has 0 atom stereocenters. The Morgan fingerprint density at radius 3 is 1.20 bits per heavy atom. The summed E-state index contributed by atoms with van der Waals surface area (Å²) in [5.74, 6) is 0. The summed E-state index contributed by atoms with van der Waals surface area (Å²) in [6.07, 6.45) is 3.50. The first kappa shape index (κ1) is 36.0. The Morgan fingerprint density at radius 2 is 1.20 bits per heavy atom. The fraction of sp³-hybridized carbons (Fsp3) is 0.500. The molecular formula is C8H20NNa2O3P. The first-order valence-corrected chi connectivity index (χ1v) is 4.92. The zero-order valence-electron chi connectivity index (χ0n) is 10.6. The van der Waals surface area contributed by atoms with Gasteiger partial charge < -0.3 is 20.1 Å². The Kier molecular flexibility index (Phi) is 138. The summed E-state index contributed by atoms with van der Waals surface area (Å²) < 4.78 is 8.52. The summed E-state index contributed by atoms with van der Waals surface area (Å²) in [6.45, 7) is 13.2. The molecule has 4 nitrogen and oxygen atoms in total. The van der Waals surface area contributed by atoms with Crippen molar-refractivity contribution in [3.8, 4) is 0 Å². The molecule has 0 saturated carbocycles. The molecule has 0 saturated heterocycles. The van der Waals surface area contributed by atoms with Gasteiger partial charge in [0.1, 0.15) is 0 Å². The van der Waals surface area contributed by atoms with Gasteiger partial charge in [0.15, 0.2) is 0 Å². The van der Waals surface area contributed by atoms with Crippen LogP contribution in [0, 0.1) is 0 Å². The van der Waals surface area contributed by atoms with Gasteiger partial charge in [0, 0.05) is 0 Å². The molecule has 0 aliphatic heterocycles. The molecule has 0 bridgehead atoms. The van der Waals surface area contributed by atoms with Crippen molar-refractivity contribution in [2.24, 2.45) is 5.73 Å². The third kappa shape index (κ3) is 1140. The van der Waals surface area contributed by atoms with Gasteiger partial charge in [-0.15, -0.1) is 13.2 Å². The number of nitrogens with two attached hydrogens (primary N) is 1. The molecule has 0 fully saturated rings. The molecule has 15 heavy (non-hydrogen) atoms. The van der Waals surface area contributed by atoms with Crippen molar-refractivity contribution in [1.82, 2.24) is 0 Å². The largest absolute Gasteiger partial charge is 1.00 e. The number of rotatable bonds is 0. The van der Waals surface area contributed by atoms with E-state index in [0.717, 1.165) is 6.54 Å². The molecule has 0 radical (unpaired) electrons. The van der Waals surface area contributed by atoms with Crippen molar-refractivity contribution >= 4 is 8.25 Å². The molecule has 82 valence electrons. The third-order valence-electron chi connectivity index (χ3n) is 0. The van der Waals surface area contributed by atoms with Crippen molar-refractivity contribution in [2.75, 3.05) is 6.54 Å². The van der Waals surface area contributed by atoms with Crippen molar-refractivity contribution in [2.45, 2.75) is 20.8 Å². The normalized spacial score (nSPS) is 5.27. The summed E-state index contributed by atoms with van der Waals surface area (Å²) in [5.41, 5.74) is 4.85. The van der Waals surface area contributed by atoms with Crippen molar-refractivity contribution in [1.29, 1.82) is 0 Å². The quantitative estimate of drug-likeness (QED) is 0.265. The summed E-state index contributed by atoms with van der Waals surface area (Å²) in [5, 5.41) is 0. The molecule has 0 heterocycles. The standard InChI is InChI=1S/2C3H6.C2H7N.2Na.H3O3P/c2*1-3-2;1-2-3;;;1-4(2)3/h2*3H,1H2,2H3;2-3H2,1H3;;;4H,(H2,1,2,3)/q;;;2*+1;/p-2. The average Bonchev–Trinajstić information content (AvgIpc) is 1.88. The van der Waals surface area contributed by atoms with Crippen LogP contribution in [0.25, 0.3) is 0 Å². The Morgan fingerprint density at radius 1 is 1.20 bits per heavy atom. The average molecular weight is 255 g/mol. The maximum Gasteiger partial charge on any atom is 1.00 e. The maximum atomic E-state index is 8.52. The second-order valence-corrected chi connectivity index (χ2v) is 1.97. The van der Waals surface area contributed by atoms with Gasteiger partial charge in [-0.1, -0.05) is 27.3 Å². The fourth-order valence-corrected chi connectivity index (χ4v) is 0. The van der Waals surface area contributed by atoms with E-state index in [-0.39, 0.29) is 59.1 Å². The zero-order chi connectivity index (χ0) is 11.7. The van der Waals surface area contributed by atoms with E-state index < -0.39 is 8.25 Å². The summed E-state index contributed by atoms with van der Waals surface area (Å²) in [6, 6.07) is 0. The van der Waals surface area contributed by atoms with Crippen LogP contribution in [0.1, 0.15) is 20.8 Å². The van der Waals surface area contributed by atoms with E-state index in [1.54, 1.807) is 12.2 Å². The van der Waals surface area contributed by atoms with E-state index in [1.165, 1.54) is 0 Å². The molecule has 0 amide bonds. The SMILES string of the molecule is C=CC.C=CC.CCN.O=[PH]([O-])[O-].[Na+].[Na+]. The van der Waals surface area contributed by atoms with E-state index in [1.807, 2.05) is 20.8 Å². The molecule has 0 rings (SSSR count). The molecule has 0 aromatic carbocycles. The van der Waals surface area contributed by atoms with E-state index in [2.05, 4.69) is 13.2 Å². The van der Waals surface area contributed by atoms with Crippen molar-refractivity contribution in [3.05, 3.63) is 25.3 Å². The first-order valence-electron chi connectivity index (χ1n) is 3.70. The van der Waals surface area contributed by atoms with Gasteiger partial charge in [-0.3, -0.25) is 0 Å². The van der Waals surface area contributed by atoms with Gasteiger partial charge in [-0.05, 0) is 20.4 Å². The maximum absolute atomic E-state index is 8.52. The van der Waals surface area contributed by atoms with Crippen LogP contribution in [0.15, 0.2) is 25.3 Å². The van der Waals surface area contributed by atoms with E-state index in [9.17, 15) is 0 Å². The Bertz CT molecular complexity index is 106. The summed E-state index contributed by atoms with van der Waals surface area (Å²) in [7, 11) is -3.63. The molecule has 7 heteroatoms. The Balaban J connectivity index is -0.0000000174. The molecule has 2 N–H and O–H groups in total. The van der Waals surface area contributed by atoms with Crippen LogP contribution >= 0.6 is 8.25 Å². The molecule has 0 aromatic heterocycles. The second kappa shape index (κ2) is 57.6. The van der Waals surface area contributed by atoms with Crippen LogP contribution < -0.4 is 74.6 Å². The molecule has 0 aliphatic carbocycles. The molecule has 0 aromatic rings. The van der Waals surface area contributed by atoms with E-state index in [0.29, 0.717) is 0 Å². The predicted octanol–water partition coefficient (Wildman–Crippen LogP) is -5.55. The van der Waals surface area contributed by atoms with Crippen molar-refractivity contribution < 1.29 is 73.5 Å². The minimum atomic E-state index is -3.63. The van der Waals surface area contributed by atoms with Crippen LogP contribution in [0.3, 0.4) is 0 Å². The van der Waals surface area contributed by atoms with Crippen LogP contribution in [0.2, 0.25) is 0 Å². The van der Waals surface area contributed by atoms with Crippen LogP contribution in [-0.4, -0.2) is 6.54 Å². The third-order valence-corrected chi connectivity index (χ3v) is 0. The summed E-state index contributed by atoms with van der Waals surface area (Å²) in [4.78, 5) is 17.0. The molecule has 0 unspecified atom stereocenters. The smallest absolute Gasteiger partial charge is 0.813 e. The van der Waals surface area contributed by atoms with Gasteiger partial charge in [0.25, 0.3) is 0 Å². The number of hydrogen-bond donors (Lipinski definition) is 1. The topological polar surface area (TPSA) is 89.2 Å². The van der Waals surface area contributed by atoms with Gasteiger partial charge >= 0.3 is 59.1 Å². The van der Waals surface area contributed by atoms with Gasteiger partial charge in [0.2, 0.25) is 0 Å². The van der Waals surface area contributed by atoms with Crippen LogP contribution in [0.5, 0.6) is 0 Å². The predicted molar refractivity (Wildman–Crippen MR) is 55.5 cm³/mol. The van der Waals surface area contributed by atoms with Gasteiger partial charge in [0.05, 0.1) is 0 Å². The van der Waals surface area contributed by atoms with Crippen LogP contribution in [-0.2, 0) is 4.57 Å². The van der Waals surface area contributed by atoms with E-state index in [4.69, 9.17) is 20.1 Å². The number of allylic oxidation sites excluding steroid dienone is 2. The van der Waals surface area contributed by atoms with Gasteiger partial charge in [-0.2, -0.15) is 0 Å². The van der Waals surface area contributed by atoms with Crippen molar-refractivity contribution in [3.63, 3.8) is 0 Å². The summed E-state index contributed by atoms with van der Waals surface area (Å²) >= 11 is 0. The first-order chi connectivity index (χ1) is 5.97.